The number of hydrogen-bond acceptors (Lipinski definition) is 7. The molecule has 0 saturated heterocycles. The molecule has 7 nitrogen and oxygen atoms in total. The molecule has 0 amide bonds. The van der Waals surface area contributed by atoms with Gasteiger partial charge in [0, 0.05) is 12.1 Å². The van der Waals surface area contributed by atoms with Crippen LogP contribution in [-0.2, 0) is 23.9 Å². The fourth-order valence-electron chi connectivity index (χ4n) is 3.14. The molecule has 136 valence electrons. The van der Waals surface area contributed by atoms with Crippen molar-refractivity contribution in [3.63, 3.8) is 0 Å². The normalized spacial score (nSPS) is 20.7. The predicted octanol–water partition coefficient (Wildman–Crippen LogP) is 1.95. The number of Topliss-reactive ketones (excluding diaryl/α,β-unsaturated/α-hetero) is 1. The second-order valence-corrected chi connectivity index (χ2v) is 5.80. The number of rotatable bonds is 7. The summed E-state index contributed by atoms with van der Waals surface area (Å²) in [7, 11) is 2.77. The second kappa shape index (κ2) is 8.00. The van der Waals surface area contributed by atoms with Crippen LogP contribution < -0.4 is 10.1 Å². The molecule has 0 heterocycles. The van der Waals surface area contributed by atoms with Gasteiger partial charge in [0.1, 0.15) is 11.8 Å². The molecule has 0 radical (unpaired) electrons. The van der Waals surface area contributed by atoms with Gasteiger partial charge in [0.05, 0.1) is 20.8 Å². The van der Waals surface area contributed by atoms with Gasteiger partial charge >= 0.3 is 11.9 Å². The Labute approximate surface area is 146 Å². The van der Waals surface area contributed by atoms with Crippen LogP contribution >= 0.6 is 0 Å². The summed E-state index contributed by atoms with van der Waals surface area (Å²) in [5.74, 6) is -1.02. The van der Waals surface area contributed by atoms with Gasteiger partial charge in [-0.15, -0.1) is 0 Å². The van der Waals surface area contributed by atoms with Crippen LogP contribution in [0.25, 0.3) is 0 Å². The number of ether oxygens (including phenoxy) is 3. The third-order valence-corrected chi connectivity index (χ3v) is 4.44. The molecule has 1 aromatic rings. The summed E-state index contributed by atoms with van der Waals surface area (Å²) >= 11 is 0. The molecule has 1 N–H and O–H groups in total. The maximum Gasteiger partial charge on any atom is 0.329 e. The highest BCUT2D eigenvalue weighted by atomic mass is 16.5. The number of anilines is 1. The summed E-state index contributed by atoms with van der Waals surface area (Å²) in [5.41, 5.74) is -0.997. The minimum Gasteiger partial charge on any atom is -0.497 e. The van der Waals surface area contributed by atoms with Crippen molar-refractivity contribution in [2.75, 3.05) is 26.1 Å². The molecule has 0 bridgehead atoms. The van der Waals surface area contributed by atoms with E-state index < -0.39 is 23.4 Å². The van der Waals surface area contributed by atoms with E-state index in [9.17, 15) is 14.4 Å². The Morgan fingerprint density at radius 3 is 2.40 bits per heavy atom. The lowest BCUT2D eigenvalue weighted by molar-refractivity contribution is -0.165. The average Bonchev–Trinajstić information content (AvgIpc) is 3.02. The molecular formula is C18H23NO6. The maximum atomic E-state index is 12.6. The summed E-state index contributed by atoms with van der Waals surface area (Å²) < 4.78 is 15.1. The van der Waals surface area contributed by atoms with Crippen molar-refractivity contribution < 1.29 is 28.6 Å². The molecule has 0 unspecified atom stereocenters. The van der Waals surface area contributed by atoms with Gasteiger partial charge < -0.3 is 19.5 Å². The van der Waals surface area contributed by atoms with Gasteiger partial charge in [0.2, 0.25) is 0 Å². The van der Waals surface area contributed by atoms with Gasteiger partial charge in [0.25, 0.3) is 0 Å². The first-order valence-corrected chi connectivity index (χ1v) is 8.18. The lowest BCUT2D eigenvalue weighted by Crippen LogP contribution is -2.54. The number of esters is 2. The molecule has 7 heteroatoms. The number of nitrogens with one attached hydrogen (secondary N) is 1. The second-order valence-electron chi connectivity index (χ2n) is 5.80. The number of methoxy groups -OCH3 is 2. The SMILES string of the molecule is CCOC(=O)[C@@]1([C@@H](Nc2ccc(OC)cc2)C(=O)OC)CCCC1=O. The Kier molecular flexibility index (Phi) is 6.01. The van der Waals surface area contributed by atoms with Crippen molar-refractivity contribution in [3.05, 3.63) is 24.3 Å². The van der Waals surface area contributed by atoms with Gasteiger partial charge in [-0.25, -0.2) is 4.79 Å². The lowest BCUT2D eigenvalue weighted by atomic mass is 9.77. The molecule has 1 aliphatic rings. The predicted molar refractivity (Wildman–Crippen MR) is 90.3 cm³/mol. The fraction of sp³-hybridized carbons (Fsp3) is 0.500. The highest BCUT2D eigenvalue weighted by molar-refractivity contribution is 6.10. The van der Waals surface area contributed by atoms with Crippen LogP contribution in [0.1, 0.15) is 26.2 Å². The van der Waals surface area contributed by atoms with E-state index in [0.717, 1.165) is 0 Å². The van der Waals surface area contributed by atoms with E-state index in [1.54, 1.807) is 38.3 Å². The molecule has 1 saturated carbocycles. The van der Waals surface area contributed by atoms with E-state index in [4.69, 9.17) is 14.2 Å². The third kappa shape index (κ3) is 3.60. The number of carbonyl (C=O) groups excluding carboxylic acids is 3. The summed E-state index contributed by atoms with van der Waals surface area (Å²) in [6.07, 6.45) is 1.000. The van der Waals surface area contributed by atoms with Crippen LogP contribution in [0.2, 0.25) is 0 Å². The van der Waals surface area contributed by atoms with Crippen LogP contribution in [-0.4, -0.2) is 44.6 Å². The Morgan fingerprint density at radius 2 is 1.92 bits per heavy atom. The zero-order chi connectivity index (χ0) is 18.4. The summed E-state index contributed by atoms with van der Waals surface area (Å²) in [6, 6.07) is 5.68. The molecule has 25 heavy (non-hydrogen) atoms. The van der Waals surface area contributed by atoms with E-state index in [2.05, 4.69) is 5.32 Å². The first kappa shape index (κ1) is 18.8. The first-order chi connectivity index (χ1) is 12.0. The average molecular weight is 349 g/mol. The van der Waals surface area contributed by atoms with Crippen LogP contribution in [0.3, 0.4) is 0 Å². The van der Waals surface area contributed by atoms with E-state index in [-0.39, 0.29) is 25.2 Å². The minimum atomic E-state index is -1.57. The number of hydrogen-bond donors (Lipinski definition) is 1. The van der Waals surface area contributed by atoms with E-state index in [0.29, 0.717) is 17.9 Å². The zero-order valence-corrected chi connectivity index (χ0v) is 14.7. The summed E-state index contributed by atoms with van der Waals surface area (Å²) in [4.78, 5) is 37.6. The van der Waals surface area contributed by atoms with Crippen molar-refractivity contribution in [3.8, 4) is 5.75 Å². The van der Waals surface area contributed by atoms with Crippen molar-refractivity contribution in [2.24, 2.45) is 5.41 Å². The third-order valence-electron chi connectivity index (χ3n) is 4.44. The quantitative estimate of drug-likeness (QED) is 0.594. The van der Waals surface area contributed by atoms with Crippen molar-refractivity contribution in [1.82, 2.24) is 0 Å². The smallest absolute Gasteiger partial charge is 0.329 e. The Hall–Kier alpha value is -2.57. The first-order valence-electron chi connectivity index (χ1n) is 8.18. The summed E-state index contributed by atoms with van der Waals surface area (Å²) in [5, 5.41) is 2.98. The van der Waals surface area contributed by atoms with Crippen LogP contribution in [0.4, 0.5) is 5.69 Å². The molecule has 2 rings (SSSR count). The summed E-state index contributed by atoms with van der Waals surface area (Å²) in [6.45, 7) is 1.79. The minimum absolute atomic E-state index is 0.129. The van der Waals surface area contributed by atoms with Crippen molar-refractivity contribution in [2.45, 2.75) is 32.2 Å². The lowest BCUT2D eigenvalue weighted by Gasteiger charge is -2.33. The molecule has 1 aromatic carbocycles. The van der Waals surface area contributed by atoms with E-state index >= 15 is 0 Å². The van der Waals surface area contributed by atoms with Gasteiger partial charge in [-0.2, -0.15) is 0 Å². The van der Waals surface area contributed by atoms with E-state index in [1.807, 2.05) is 0 Å². The molecular weight excluding hydrogens is 326 g/mol. The van der Waals surface area contributed by atoms with Crippen LogP contribution in [0.5, 0.6) is 5.75 Å². The van der Waals surface area contributed by atoms with E-state index in [1.165, 1.54) is 7.11 Å². The van der Waals surface area contributed by atoms with Gasteiger partial charge in [-0.05, 0) is 44.0 Å². The Morgan fingerprint density at radius 1 is 1.24 bits per heavy atom. The Bertz CT molecular complexity index is 641. The van der Waals surface area contributed by atoms with Gasteiger partial charge in [-0.3, -0.25) is 9.59 Å². The highest BCUT2D eigenvalue weighted by Gasteiger charge is 2.58. The van der Waals surface area contributed by atoms with Crippen molar-refractivity contribution in [1.29, 1.82) is 0 Å². The highest BCUT2D eigenvalue weighted by Crippen LogP contribution is 2.41. The van der Waals surface area contributed by atoms with Crippen molar-refractivity contribution >= 4 is 23.4 Å². The zero-order valence-electron chi connectivity index (χ0n) is 14.7. The fourth-order valence-corrected chi connectivity index (χ4v) is 3.14. The standard InChI is InChI=1S/C18H23NO6/c1-4-25-17(22)18(11-5-6-14(18)20)15(16(21)24-3)19-12-7-9-13(23-2)10-8-12/h7-10,15,19H,4-6,11H2,1-3H3/t15-,18-/m0/s1. The van der Waals surface area contributed by atoms with Gasteiger partial charge in [0.15, 0.2) is 11.2 Å². The maximum absolute atomic E-state index is 12.6. The number of ketones is 1. The number of benzene rings is 1. The van der Waals surface area contributed by atoms with Crippen LogP contribution in [0.15, 0.2) is 24.3 Å². The Balaban J connectivity index is 2.40. The van der Waals surface area contributed by atoms with Gasteiger partial charge in [-0.1, -0.05) is 0 Å². The molecule has 0 aliphatic heterocycles. The molecule has 0 aromatic heterocycles. The topological polar surface area (TPSA) is 90.9 Å². The van der Waals surface area contributed by atoms with Crippen LogP contribution in [0, 0.1) is 5.41 Å². The number of carbonyl (C=O) groups is 3. The largest absolute Gasteiger partial charge is 0.497 e. The molecule has 2 atom stereocenters. The molecule has 1 fully saturated rings. The monoisotopic (exact) mass is 349 g/mol. The molecule has 0 spiro atoms. The molecule has 1 aliphatic carbocycles.